The molecule has 31 heavy (non-hydrogen) atoms. The summed E-state index contributed by atoms with van der Waals surface area (Å²) in [6, 6.07) is 16.7. The third kappa shape index (κ3) is 4.84. The first-order valence-electron chi connectivity index (χ1n) is 9.71. The van der Waals surface area contributed by atoms with Gasteiger partial charge in [-0.1, -0.05) is 55.4 Å². The second-order valence-electron chi connectivity index (χ2n) is 7.27. The van der Waals surface area contributed by atoms with Crippen LogP contribution in [0.3, 0.4) is 0 Å². The summed E-state index contributed by atoms with van der Waals surface area (Å²) >= 11 is 8.71. The Morgan fingerprint density at radius 2 is 2.00 bits per heavy atom. The van der Waals surface area contributed by atoms with Crippen LogP contribution in [0.2, 0.25) is 5.02 Å². The van der Waals surface area contributed by atoms with Crippen molar-refractivity contribution in [1.29, 1.82) is 0 Å². The van der Waals surface area contributed by atoms with Gasteiger partial charge >= 0.3 is 0 Å². The van der Waals surface area contributed by atoms with Gasteiger partial charge in [-0.15, -0.1) is 11.3 Å². The highest BCUT2D eigenvalue weighted by Crippen LogP contribution is 2.25. The average Bonchev–Trinajstić information content (AvgIpc) is 3.21. The SMILES string of the molecule is CC(C)c1cccc(NC(=O)CSc2nc3ccsc3c(=O)n2-c2cccc(Cl)c2)c1. The number of aromatic nitrogens is 2. The van der Waals surface area contributed by atoms with Crippen molar-refractivity contribution >= 4 is 56.5 Å². The zero-order valence-corrected chi connectivity index (χ0v) is 19.4. The lowest BCUT2D eigenvalue weighted by atomic mass is 10.0. The van der Waals surface area contributed by atoms with Gasteiger partial charge in [-0.25, -0.2) is 4.98 Å². The number of benzene rings is 2. The Bertz CT molecular complexity index is 1310. The minimum absolute atomic E-state index is 0.120. The zero-order valence-electron chi connectivity index (χ0n) is 17.0. The summed E-state index contributed by atoms with van der Waals surface area (Å²) in [6.45, 7) is 4.22. The molecule has 1 amide bonds. The Balaban J connectivity index is 1.61. The lowest BCUT2D eigenvalue weighted by Gasteiger charge is -2.13. The van der Waals surface area contributed by atoms with Crippen LogP contribution >= 0.6 is 34.7 Å². The minimum atomic E-state index is -0.171. The van der Waals surface area contributed by atoms with E-state index in [1.54, 1.807) is 24.3 Å². The molecule has 0 aliphatic heterocycles. The summed E-state index contributed by atoms with van der Waals surface area (Å²) < 4.78 is 2.08. The van der Waals surface area contributed by atoms with Crippen LogP contribution in [-0.2, 0) is 4.79 Å². The predicted molar refractivity (Wildman–Crippen MR) is 130 cm³/mol. The van der Waals surface area contributed by atoms with E-state index in [-0.39, 0.29) is 17.2 Å². The molecule has 8 heteroatoms. The van der Waals surface area contributed by atoms with Crippen LogP contribution in [-0.4, -0.2) is 21.2 Å². The van der Waals surface area contributed by atoms with Crippen LogP contribution in [0.25, 0.3) is 15.9 Å². The molecule has 1 N–H and O–H groups in total. The number of amides is 1. The third-order valence-corrected chi connectivity index (χ3v) is 6.75. The highest BCUT2D eigenvalue weighted by atomic mass is 35.5. The number of hydrogen-bond donors (Lipinski definition) is 1. The van der Waals surface area contributed by atoms with Crippen molar-refractivity contribution in [2.75, 3.05) is 11.1 Å². The molecule has 0 radical (unpaired) electrons. The molecule has 2 heterocycles. The topological polar surface area (TPSA) is 64.0 Å². The van der Waals surface area contributed by atoms with Gasteiger partial charge in [0.25, 0.3) is 5.56 Å². The molecule has 158 valence electrons. The van der Waals surface area contributed by atoms with Crippen molar-refractivity contribution in [3.8, 4) is 5.69 Å². The quantitative estimate of drug-likeness (QED) is 0.280. The Kier molecular flexibility index (Phi) is 6.46. The average molecular weight is 470 g/mol. The van der Waals surface area contributed by atoms with E-state index in [2.05, 4.69) is 24.1 Å². The number of nitrogens with zero attached hydrogens (tertiary/aromatic N) is 2. The smallest absolute Gasteiger partial charge is 0.276 e. The van der Waals surface area contributed by atoms with Crippen molar-refractivity contribution in [3.63, 3.8) is 0 Å². The lowest BCUT2D eigenvalue weighted by molar-refractivity contribution is -0.113. The number of anilines is 1. The van der Waals surface area contributed by atoms with Gasteiger partial charge in [0.1, 0.15) is 4.70 Å². The number of thioether (sulfide) groups is 1. The van der Waals surface area contributed by atoms with Crippen LogP contribution in [0, 0.1) is 0 Å². The third-order valence-electron chi connectivity index (χ3n) is 4.68. The molecule has 4 aromatic rings. The summed E-state index contributed by atoms with van der Waals surface area (Å²) in [7, 11) is 0. The first kappa shape index (κ1) is 21.6. The van der Waals surface area contributed by atoms with Gasteiger partial charge in [0, 0.05) is 10.7 Å². The maximum Gasteiger partial charge on any atom is 0.276 e. The Labute approximate surface area is 193 Å². The largest absolute Gasteiger partial charge is 0.325 e. The van der Waals surface area contributed by atoms with E-state index in [1.165, 1.54) is 27.7 Å². The molecule has 0 atom stereocenters. The van der Waals surface area contributed by atoms with E-state index in [0.29, 0.717) is 32.0 Å². The molecule has 0 unspecified atom stereocenters. The number of halogens is 1. The Morgan fingerprint density at radius 1 is 1.19 bits per heavy atom. The summed E-state index contributed by atoms with van der Waals surface area (Å²) in [4.78, 5) is 30.4. The monoisotopic (exact) mass is 469 g/mol. The van der Waals surface area contributed by atoms with Gasteiger partial charge in [-0.05, 0) is 53.3 Å². The maximum absolute atomic E-state index is 13.1. The van der Waals surface area contributed by atoms with Gasteiger partial charge in [-0.3, -0.25) is 14.2 Å². The van der Waals surface area contributed by atoms with Crippen molar-refractivity contribution in [1.82, 2.24) is 9.55 Å². The van der Waals surface area contributed by atoms with Crippen LogP contribution in [0.1, 0.15) is 25.3 Å². The van der Waals surface area contributed by atoms with E-state index in [0.717, 1.165) is 11.3 Å². The highest BCUT2D eigenvalue weighted by molar-refractivity contribution is 7.99. The van der Waals surface area contributed by atoms with E-state index < -0.39 is 0 Å². The van der Waals surface area contributed by atoms with Gasteiger partial charge in [0.15, 0.2) is 5.16 Å². The molecule has 0 aliphatic rings. The summed E-state index contributed by atoms with van der Waals surface area (Å²) in [5.74, 6) is 0.331. The number of nitrogens with one attached hydrogen (secondary N) is 1. The molecule has 0 bridgehead atoms. The molecule has 2 aromatic heterocycles. The van der Waals surface area contributed by atoms with Crippen molar-refractivity contribution in [2.24, 2.45) is 0 Å². The molecule has 0 aliphatic carbocycles. The number of carbonyl (C=O) groups excluding carboxylic acids is 1. The lowest BCUT2D eigenvalue weighted by Crippen LogP contribution is -2.22. The normalized spacial score (nSPS) is 11.2. The fourth-order valence-electron chi connectivity index (χ4n) is 3.13. The summed E-state index contributed by atoms with van der Waals surface area (Å²) in [5, 5.41) is 5.74. The fraction of sp³-hybridized carbons (Fsp3) is 0.174. The number of thiophene rings is 1. The zero-order chi connectivity index (χ0) is 22.0. The van der Waals surface area contributed by atoms with Crippen LogP contribution in [0.15, 0.2) is 69.9 Å². The van der Waals surface area contributed by atoms with Gasteiger partial charge in [-0.2, -0.15) is 0 Å². The van der Waals surface area contributed by atoms with Gasteiger partial charge in [0.05, 0.1) is 17.0 Å². The molecule has 2 aromatic carbocycles. The second kappa shape index (κ2) is 9.26. The molecule has 0 fully saturated rings. The minimum Gasteiger partial charge on any atom is -0.325 e. The van der Waals surface area contributed by atoms with Crippen LogP contribution in [0.5, 0.6) is 0 Å². The molecule has 4 rings (SSSR count). The second-order valence-corrected chi connectivity index (χ2v) is 9.56. The Morgan fingerprint density at radius 3 is 2.77 bits per heavy atom. The summed E-state index contributed by atoms with van der Waals surface area (Å²) in [5.41, 5.74) is 2.98. The first-order valence-corrected chi connectivity index (χ1v) is 12.0. The Hall–Kier alpha value is -2.61. The van der Waals surface area contributed by atoms with E-state index in [9.17, 15) is 9.59 Å². The maximum atomic E-state index is 13.1. The molecule has 5 nitrogen and oxygen atoms in total. The molecular formula is C23H20ClN3O2S2. The molecule has 0 saturated carbocycles. The van der Waals surface area contributed by atoms with E-state index in [1.807, 2.05) is 35.7 Å². The van der Waals surface area contributed by atoms with E-state index >= 15 is 0 Å². The standard InChI is InChI=1S/C23H20ClN3O2S2/c1-14(2)15-5-3-7-17(11-15)25-20(28)13-31-23-26-19-9-10-30-21(19)22(29)27(23)18-8-4-6-16(24)12-18/h3-12,14H,13H2,1-2H3,(H,25,28). The van der Waals surface area contributed by atoms with Crippen LogP contribution in [0.4, 0.5) is 5.69 Å². The van der Waals surface area contributed by atoms with Crippen molar-refractivity contribution in [3.05, 3.63) is 80.9 Å². The van der Waals surface area contributed by atoms with Crippen molar-refractivity contribution in [2.45, 2.75) is 24.9 Å². The number of hydrogen-bond acceptors (Lipinski definition) is 5. The van der Waals surface area contributed by atoms with Gasteiger partial charge in [0.2, 0.25) is 5.91 Å². The van der Waals surface area contributed by atoms with E-state index in [4.69, 9.17) is 11.6 Å². The molecular weight excluding hydrogens is 450 g/mol. The first-order chi connectivity index (χ1) is 14.9. The van der Waals surface area contributed by atoms with Crippen molar-refractivity contribution < 1.29 is 4.79 Å². The predicted octanol–water partition coefficient (Wildman–Crippen LogP) is 5.95. The fourth-order valence-corrected chi connectivity index (χ4v) is 4.89. The molecule has 0 spiro atoms. The van der Waals surface area contributed by atoms with Gasteiger partial charge < -0.3 is 5.32 Å². The highest BCUT2D eigenvalue weighted by Gasteiger charge is 2.16. The molecule has 0 saturated heterocycles. The number of carbonyl (C=O) groups is 1. The van der Waals surface area contributed by atoms with Crippen LogP contribution < -0.4 is 10.9 Å². The summed E-state index contributed by atoms with van der Waals surface area (Å²) in [6.07, 6.45) is 0. The number of rotatable bonds is 6. The number of fused-ring (bicyclic) bond motifs is 1.